The number of hydrogen-bond acceptors (Lipinski definition) is 3. The summed E-state index contributed by atoms with van der Waals surface area (Å²) in [7, 11) is 0. The van der Waals surface area contributed by atoms with E-state index in [1.165, 1.54) is 0 Å². The summed E-state index contributed by atoms with van der Waals surface area (Å²) in [6, 6.07) is 8.78. The lowest BCUT2D eigenvalue weighted by Gasteiger charge is -2.14. The van der Waals surface area contributed by atoms with Crippen molar-refractivity contribution in [3.8, 4) is 0 Å². The van der Waals surface area contributed by atoms with E-state index in [1.807, 2.05) is 30.3 Å². The summed E-state index contributed by atoms with van der Waals surface area (Å²) in [5.41, 5.74) is 0.904. The minimum Gasteiger partial charge on any atom is -0.445 e. The molecule has 0 radical (unpaired) electrons. The summed E-state index contributed by atoms with van der Waals surface area (Å²) in [5.74, 6) is 0.330. The molecule has 0 aromatic heterocycles. The highest BCUT2D eigenvalue weighted by Crippen LogP contribution is 2.01. The summed E-state index contributed by atoms with van der Waals surface area (Å²) in [5, 5.41) is 5.30. The second-order valence-corrected chi connectivity index (χ2v) is 5.40. The van der Waals surface area contributed by atoms with E-state index in [2.05, 4.69) is 24.5 Å². The second kappa shape index (κ2) is 9.00. The number of carbonyl (C=O) groups is 2. The van der Waals surface area contributed by atoms with Crippen LogP contribution in [0.4, 0.5) is 4.79 Å². The van der Waals surface area contributed by atoms with Crippen molar-refractivity contribution in [3.05, 3.63) is 35.9 Å². The van der Waals surface area contributed by atoms with Crippen LogP contribution in [0.3, 0.4) is 0 Å². The van der Waals surface area contributed by atoms with Gasteiger partial charge in [0, 0.05) is 6.54 Å². The van der Waals surface area contributed by atoms with Crippen LogP contribution in [0.1, 0.15) is 32.8 Å². The lowest BCUT2D eigenvalue weighted by Crippen LogP contribution is -2.45. The van der Waals surface area contributed by atoms with Crippen LogP contribution in [0.5, 0.6) is 0 Å². The normalized spacial score (nSPS) is 11.8. The number of rotatable bonds is 7. The molecule has 0 heterocycles. The van der Waals surface area contributed by atoms with Crippen LogP contribution in [0.15, 0.2) is 30.3 Å². The van der Waals surface area contributed by atoms with E-state index < -0.39 is 12.1 Å². The topological polar surface area (TPSA) is 67.4 Å². The molecule has 2 amide bonds. The third-order valence-electron chi connectivity index (χ3n) is 2.96. The van der Waals surface area contributed by atoms with Gasteiger partial charge >= 0.3 is 6.09 Å². The summed E-state index contributed by atoms with van der Waals surface area (Å²) >= 11 is 0. The Bertz CT molecular complexity index is 446. The van der Waals surface area contributed by atoms with Gasteiger partial charge in [-0.25, -0.2) is 4.79 Å². The molecule has 1 rings (SSSR count). The van der Waals surface area contributed by atoms with Crippen LogP contribution in [0.2, 0.25) is 0 Å². The van der Waals surface area contributed by atoms with Crippen molar-refractivity contribution < 1.29 is 14.3 Å². The number of amides is 2. The van der Waals surface area contributed by atoms with Gasteiger partial charge in [-0.2, -0.15) is 0 Å². The number of alkyl carbamates (subject to hydrolysis) is 1. The van der Waals surface area contributed by atoms with Crippen LogP contribution in [-0.2, 0) is 16.1 Å². The van der Waals surface area contributed by atoms with Crippen molar-refractivity contribution in [1.29, 1.82) is 0 Å². The molecule has 5 heteroatoms. The van der Waals surface area contributed by atoms with Gasteiger partial charge < -0.3 is 15.4 Å². The van der Waals surface area contributed by atoms with Gasteiger partial charge in [-0.1, -0.05) is 44.2 Å². The molecule has 0 bridgehead atoms. The standard InChI is InChI=1S/C16H24N2O3/c1-12(2)9-10-17-15(19)13(3)18-16(20)21-11-14-7-5-4-6-8-14/h4-8,12-13H,9-11H2,1-3H3,(H,17,19)(H,18,20)/t13-/m0/s1. The SMILES string of the molecule is CC(C)CCNC(=O)[C@H](C)NC(=O)OCc1ccccc1. The zero-order valence-electron chi connectivity index (χ0n) is 12.9. The van der Waals surface area contributed by atoms with Gasteiger partial charge in [0.1, 0.15) is 12.6 Å². The molecule has 21 heavy (non-hydrogen) atoms. The molecule has 2 N–H and O–H groups in total. The molecule has 0 fully saturated rings. The quantitative estimate of drug-likeness (QED) is 0.811. The minimum absolute atomic E-state index is 0.189. The zero-order valence-corrected chi connectivity index (χ0v) is 12.9. The molecule has 5 nitrogen and oxygen atoms in total. The van der Waals surface area contributed by atoms with Crippen LogP contribution < -0.4 is 10.6 Å². The Morgan fingerprint density at radius 3 is 2.43 bits per heavy atom. The summed E-state index contributed by atoms with van der Waals surface area (Å²) in [6.45, 7) is 6.62. The van der Waals surface area contributed by atoms with Crippen molar-refractivity contribution in [3.63, 3.8) is 0 Å². The molecule has 1 aromatic carbocycles. The average Bonchev–Trinajstić information content (AvgIpc) is 2.45. The first-order chi connectivity index (χ1) is 9.99. The Hall–Kier alpha value is -2.04. The van der Waals surface area contributed by atoms with Gasteiger partial charge in [0.25, 0.3) is 0 Å². The Balaban J connectivity index is 2.25. The van der Waals surface area contributed by atoms with Gasteiger partial charge in [0.05, 0.1) is 0 Å². The first-order valence-electron chi connectivity index (χ1n) is 7.24. The lowest BCUT2D eigenvalue weighted by atomic mass is 10.1. The Morgan fingerprint density at radius 2 is 1.81 bits per heavy atom. The molecular formula is C16H24N2O3. The predicted octanol–water partition coefficient (Wildman–Crippen LogP) is 2.46. The summed E-state index contributed by atoms with van der Waals surface area (Å²) in [6.07, 6.45) is 0.321. The highest BCUT2D eigenvalue weighted by molar-refractivity contribution is 5.85. The molecule has 1 aromatic rings. The molecule has 0 unspecified atom stereocenters. The zero-order chi connectivity index (χ0) is 15.7. The molecule has 0 aliphatic carbocycles. The van der Waals surface area contributed by atoms with E-state index in [1.54, 1.807) is 6.92 Å². The highest BCUT2D eigenvalue weighted by Gasteiger charge is 2.15. The largest absolute Gasteiger partial charge is 0.445 e. The number of benzene rings is 1. The Kier molecular flexibility index (Phi) is 7.29. The van der Waals surface area contributed by atoms with Crippen LogP contribution in [-0.4, -0.2) is 24.6 Å². The molecule has 116 valence electrons. The van der Waals surface area contributed by atoms with Crippen LogP contribution in [0, 0.1) is 5.92 Å². The molecule has 0 spiro atoms. The number of hydrogen-bond donors (Lipinski definition) is 2. The van der Waals surface area contributed by atoms with E-state index in [-0.39, 0.29) is 12.5 Å². The molecule has 0 saturated carbocycles. The van der Waals surface area contributed by atoms with Crippen LogP contribution in [0.25, 0.3) is 0 Å². The monoisotopic (exact) mass is 292 g/mol. The number of carbonyl (C=O) groups excluding carboxylic acids is 2. The average molecular weight is 292 g/mol. The number of nitrogens with one attached hydrogen (secondary N) is 2. The number of ether oxygens (including phenoxy) is 1. The molecular weight excluding hydrogens is 268 g/mol. The fraction of sp³-hybridized carbons (Fsp3) is 0.500. The van der Waals surface area contributed by atoms with Gasteiger partial charge in [-0.05, 0) is 24.8 Å². The third-order valence-corrected chi connectivity index (χ3v) is 2.96. The molecule has 0 aliphatic heterocycles. The predicted molar refractivity (Wildman–Crippen MR) is 81.7 cm³/mol. The summed E-state index contributed by atoms with van der Waals surface area (Å²) < 4.78 is 5.06. The van der Waals surface area contributed by atoms with Gasteiger partial charge in [0.15, 0.2) is 0 Å². The maximum atomic E-state index is 11.8. The lowest BCUT2D eigenvalue weighted by molar-refractivity contribution is -0.122. The van der Waals surface area contributed by atoms with Crippen LogP contribution >= 0.6 is 0 Å². The van der Waals surface area contributed by atoms with Crippen molar-refractivity contribution in [2.24, 2.45) is 5.92 Å². The minimum atomic E-state index is -0.611. The first kappa shape index (κ1) is 17.0. The molecule has 0 aliphatic rings. The maximum Gasteiger partial charge on any atom is 0.408 e. The Labute approximate surface area is 126 Å². The highest BCUT2D eigenvalue weighted by atomic mass is 16.5. The fourth-order valence-corrected chi connectivity index (χ4v) is 1.64. The third kappa shape index (κ3) is 7.34. The van der Waals surface area contributed by atoms with E-state index in [0.29, 0.717) is 12.5 Å². The van der Waals surface area contributed by atoms with E-state index in [9.17, 15) is 9.59 Å². The first-order valence-corrected chi connectivity index (χ1v) is 7.24. The van der Waals surface area contributed by atoms with Crippen molar-refractivity contribution in [2.45, 2.75) is 39.8 Å². The van der Waals surface area contributed by atoms with Gasteiger partial charge in [-0.15, -0.1) is 0 Å². The van der Waals surface area contributed by atoms with Gasteiger partial charge in [0.2, 0.25) is 5.91 Å². The van der Waals surface area contributed by atoms with E-state index in [0.717, 1.165) is 12.0 Å². The van der Waals surface area contributed by atoms with E-state index >= 15 is 0 Å². The van der Waals surface area contributed by atoms with Crippen molar-refractivity contribution in [2.75, 3.05) is 6.54 Å². The smallest absolute Gasteiger partial charge is 0.408 e. The molecule has 1 atom stereocenters. The van der Waals surface area contributed by atoms with E-state index in [4.69, 9.17) is 4.74 Å². The fourth-order valence-electron chi connectivity index (χ4n) is 1.64. The maximum absolute atomic E-state index is 11.8. The van der Waals surface area contributed by atoms with Crippen molar-refractivity contribution in [1.82, 2.24) is 10.6 Å². The molecule has 0 saturated heterocycles. The van der Waals surface area contributed by atoms with Crippen molar-refractivity contribution >= 4 is 12.0 Å². The Morgan fingerprint density at radius 1 is 1.14 bits per heavy atom. The second-order valence-electron chi connectivity index (χ2n) is 5.40. The van der Waals surface area contributed by atoms with Gasteiger partial charge in [-0.3, -0.25) is 4.79 Å². The summed E-state index contributed by atoms with van der Waals surface area (Å²) in [4.78, 5) is 23.4.